The van der Waals surface area contributed by atoms with E-state index in [0.29, 0.717) is 8.58 Å². The van der Waals surface area contributed by atoms with Gasteiger partial charge in [0.1, 0.15) is 5.75 Å². The molecule has 0 radical (unpaired) electrons. The van der Waals surface area contributed by atoms with Crippen LogP contribution in [0.2, 0.25) is 0 Å². The first-order valence-electron chi connectivity index (χ1n) is 12.8. The van der Waals surface area contributed by atoms with Crippen LogP contribution in [-0.2, 0) is 15.3 Å². The number of methoxy groups -OCH3 is 1. The minimum absolute atomic E-state index is 0.0473. The van der Waals surface area contributed by atoms with Crippen LogP contribution in [0.5, 0.6) is 5.75 Å². The molecule has 0 aromatic heterocycles. The van der Waals surface area contributed by atoms with Crippen LogP contribution in [0, 0.1) is 13.8 Å². The SMILES string of the molecule is CCC(C)(Pc1c(C)cccc1C(C)=Nc1ccccc1)c1cc(C)cc(C(C)(C)C)c1OCOC. The van der Waals surface area contributed by atoms with E-state index in [2.05, 4.69) is 97.9 Å². The van der Waals surface area contributed by atoms with Gasteiger partial charge in [-0.05, 0) is 55.6 Å². The number of nitrogens with zero attached hydrogens (tertiary/aromatic N) is 1. The zero-order valence-corrected chi connectivity index (χ0v) is 24.5. The number of para-hydroxylation sites is 1. The lowest BCUT2D eigenvalue weighted by atomic mass is 9.81. The van der Waals surface area contributed by atoms with Crippen LogP contribution in [0.4, 0.5) is 5.69 Å². The van der Waals surface area contributed by atoms with E-state index in [1.807, 2.05) is 18.2 Å². The van der Waals surface area contributed by atoms with E-state index < -0.39 is 0 Å². The molecule has 0 saturated heterocycles. The molecule has 36 heavy (non-hydrogen) atoms. The van der Waals surface area contributed by atoms with Gasteiger partial charge in [0.05, 0.1) is 5.69 Å². The normalized spacial score (nSPS) is 14.3. The Hall–Kier alpha value is -2.48. The molecule has 0 aliphatic carbocycles. The van der Waals surface area contributed by atoms with Gasteiger partial charge in [-0.3, -0.25) is 4.99 Å². The molecule has 3 aromatic rings. The van der Waals surface area contributed by atoms with Gasteiger partial charge in [0, 0.05) is 34.7 Å². The molecule has 192 valence electrons. The molecular formula is C32H42NO2P. The highest BCUT2D eigenvalue weighted by Gasteiger charge is 2.34. The largest absolute Gasteiger partial charge is 0.467 e. The number of ether oxygens (including phenoxy) is 2. The molecular weight excluding hydrogens is 461 g/mol. The average Bonchev–Trinajstić information content (AvgIpc) is 2.84. The molecule has 2 unspecified atom stereocenters. The van der Waals surface area contributed by atoms with Crippen LogP contribution in [0.15, 0.2) is 65.7 Å². The Morgan fingerprint density at radius 2 is 1.58 bits per heavy atom. The van der Waals surface area contributed by atoms with E-state index in [-0.39, 0.29) is 17.4 Å². The molecule has 2 atom stereocenters. The van der Waals surface area contributed by atoms with Crippen molar-refractivity contribution < 1.29 is 9.47 Å². The molecule has 3 nitrogen and oxygen atoms in total. The molecule has 0 fully saturated rings. The van der Waals surface area contributed by atoms with Crippen molar-refractivity contribution >= 4 is 25.3 Å². The summed E-state index contributed by atoms with van der Waals surface area (Å²) in [5.74, 6) is 0.969. The Balaban J connectivity index is 2.17. The molecule has 0 N–H and O–H groups in total. The van der Waals surface area contributed by atoms with E-state index in [1.54, 1.807) is 7.11 Å². The molecule has 3 rings (SSSR count). The first kappa shape index (κ1) is 28.1. The summed E-state index contributed by atoms with van der Waals surface area (Å²) < 4.78 is 11.7. The number of hydrogen-bond acceptors (Lipinski definition) is 3. The third kappa shape index (κ3) is 6.44. The Labute approximate surface area is 220 Å². The molecule has 3 aromatic carbocycles. The van der Waals surface area contributed by atoms with Gasteiger partial charge in [-0.1, -0.05) is 97.3 Å². The van der Waals surface area contributed by atoms with Crippen molar-refractivity contribution in [2.45, 2.75) is 72.4 Å². The van der Waals surface area contributed by atoms with Crippen LogP contribution in [0.1, 0.15) is 75.8 Å². The first-order valence-corrected chi connectivity index (χ1v) is 13.8. The lowest BCUT2D eigenvalue weighted by Crippen LogP contribution is -2.25. The smallest absolute Gasteiger partial charge is 0.188 e. The van der Waals surface area contributed by atoms with Gasteiger partial charge < -0.3 is 9.47 Å². The fourth-order valence-corrected chi connectivity index (χ4v) is 6.26. The van der Waals surface area contributed by atoms with Gasteiger partial charge in [0.15, 0.2) is 6.79 Å². The van der Waals surface area contributed by atoms with E-state index in [1.165, 1.54) is 33.1 Å². The number of aliphatic imine (C=N–C) groups is 1. The highest BCUT2D eigenvalue weighted by molar-refractivity contribution is 7.49. The summed E-state index contributed by atoms with van der Waals surface area (Å²) in [4.78, 5) is 4.96. The highest BCUT2D eigenvalue weighted by atomic mass is 31.1. The molecule has 0 heterocycles. The van der Waals surface area contributed by atoms with Gasteiger partial charge in [-0.15, -0.1) is 0 Å². The second kappa shape index (κ2) is 11.7. The van der Waals surface area contributed by atoms with Crippen LogP contribution < -0.4 is 10.0 Å². The summed E-state index contributed by atoms with van der Waals surface area (Å²) >= 11 is 0. The predicted molar refractivity (Wildman–Crippen MR) is 157 cm³/mol. The maximum atomic E-state index is 6.33. The Morgan fingerprint density at radius 1 is 0.917 bits per heavy atom. The van der Waals surface area contributed by atoms with Gasteiger partial charge in [0.2, 0.25) is 0 Å². The summed E-state index contributed by atoms with van der Waals surface area (Å²) in [6.07, 6.45) is 0.991. The number of hydrogen-bond donors (Lipinski definition) is 0. The number of rotatable bonds is 9. The molecule has 0 amide bonds. The van der Waals surface area contributed by atoms with E-state index in [0.717, 1.165) is 23.6 Å². The maximum Gasteiger partial charge on any atom is 0.188 e. The lowest BCUT2D eigenvalue weighted by molar-refractivity contribution is 0.0487. The lowest BCUT2D eigenvalue weighted by Gasteiger charge is -2.35. The summed E-state index contributed by atoms with van der Waals surface area (Å²) in [5, 5.41) is 1.26. The monoisotopic (exact) mass is 503 g/mol. The highest BCUT2D eigenvalue weighted by Crippen LogP contribution is 2.50. The van der Waals surface area contributed by atoms with Crippen molar-refractivity contribution in [3.8, 4) is 5.75 Å². The van der Waals surface area contributed by atoms with Gasteiger partial charge >= 0.3 is 0 Å². The number of aryl methyl sites for hydroxylation is 2. The van der Waals surface area contributed by atoms with Crippen LogP contribution in [-0.4, -0.2) is 19.6 Å². The van der Waals surface area contributed by atoms with Crippen molar-refractivity contribution in [3.05, 3.63) is 88.5 Å². The van der Waals surface area contributed by atoms with Crippen molar-refractivity contribution in [2.24, 2.45) is 4.99 Å². The minimum atomic E-state index is -0.108. The van der Waals surface area contributed by atoms with Crippen LogP contribution in [0.25, 0.3) is 0 Å². The Morgan fingerprint density at radius 3 is 2.19 bits per heavy atom. The average molecular weight is 504 g/mol. The molecule has 0 spiro atoms. The molecule has 4 heteroatoms. The van der Waals surface area contributed by atoms with Crippen molar-refractivity contribution in [1.29, 1.82) is 0 Å². The number of benzene rings is 3. The van der Waals surface area contributed by atoms with Gasteiger partial charge in [-0.25, -0.2) is 0 Å². The maximum absolute atomic E-state index is 6.33. The van der Waals surface area contributed by atoms with Crippen molar-refractivity contribution in [1.82, 2.24) is 0 Å². The molecule has 0 aliphatic heterocycles. The molecule has 0 bridgehead atoms. The first-order chi connectivity index (χ1) is 17.0. The minimum Gasteiger partial charge on any atom is -0.467 e. The van der Waals surface area contributed by atoms with Gasteiger partial charge in [-0.2, -0.15) is 0 Å². The van der Waals surface area contributed by atoms with Crippen LogP contribution in [0.3, 0.4) is 0 Å². The standard InChI is InChI=1S/C32H42NO2P/c1-10-32(8,28-20-22(2)19-27(31(5,6)7)29(28)35-21-34-9)36-30-23(3)15-14-18-26(30)24(4)33-25-16-12-11-13-17-25/h11-20,36H,10,21H2,1-9H3. The topological polar surface area (TPSA) is 30.8 Å². The van der Waals surface area contributed by atoms with Crippen LogP contribution >= 0.6 is 8.58 Å². The third-order valence-corrected chi connectivity index (χ3v) is 8.87. The van der Waals surface area contributed by atoms with Gasteiger partial charge in [0.25, 0.3) is 0 Å². The molecule has 0 aliphatic rings. The predicted octanol–water partition coefficient (Wildman–Crippen LogP) is 8.35. The summed E-state index contributed by atoms with van der Waals surface area (Å²) in [6.45, 7) is 18.2. The zero-order valence-electron chi connectivity index (χ0n) is 23.5. The Kier molecular flexibility index (Phi) is 9.14. The third-order valence-electron chi connectivity index (χ3n) is 6.78. The fraction of sp³-hybridized carbons (Fsp3) is 0.406. The summed E-state index contributed by atoms with van der Waals surface area (Å²) in [6, 6.07) is 21.4. The second-order valence-corrected chi connectivity index (χ2v) is 12.7. The zero-order chi connectivity index (χ0) is 26.5. The molecule has 0 saturated carbocycles. The van der Waals surface area contributed by atoms with E-state index >= 15 is 0 Å². The van der Waals surface area contributed by atoms with Crippen molar-refractivity contribution in [2.75, 3.05) is 13.9 Å². The quantitative estimate of drug-likeness (QED) is 0.167. The van der Waals surface area contributed by atoms with E-state index in [9.17, 15) is 0 Å². The van der Waals surface area contributed by atoms with Crippen molar-refractivity contribution in [3.63, 3.8) is 0 Å². The second-order valence-electron chi connectivity index (χ2n) is 10.8. The summed E-state index contributed by atoms with van der Waals surface area (Å²) in [7, 11) is 2.23. The van der Waals surface area contributed by atoms with E-state index in [4.69, 9.17) is 14.5 Å². The fourth-order valence-electron chi connectivity index (χ4n) is 4.53. The Bertz CT molecular complexity index is 1210. The summed E-state index contributed by atoms with van der Waals surface area (Å²) in [5.41, 5.74) is 8.25.